The summed E-state index contributed by atoms with van der Waals surface area (Å²) in [6, 6.07) is 0. The van der Waals surface area contributed by atoms with Gasteiger partial charge in [0.1, 0.15) is 5.69 Å². The topological polar surface area (TPSA) is 146 Å². The minimum atomic E-state index is -4.66. The third kappa shape index (κ3) is 4.42. The molecule has 1 aromatic heterocycles. The summed E-state index contributed by atoms with van der Waals surface area (Å²) in [5.41, 5.74) is 7.10. The maximum absolute atomic E-state index is 10.9. The molecule has 0 bridgehead atoms. The Morgan fingerprint density at radius 2 is 2.05 bits per heavy atom. The van der Waals surface area contributed by atoms with E-state index in [1.54, 1.807) is 0 Å². The van der Waals surface area contributed by atoms with Crippen molar-refractivity contribution >= 4 is 16.3 Å². The minimum Gasteiger partial charge on any atom is -0.870 e. The van der Waals surface area contributed by atoms with Crippen molar-refractivity contribution in [3.8, 4) is 5.88 Å². The summed E-state index contributed by atoms with van der Waals surface area (Å²) in [6.07, 6.45) is 5.01. The van der Waals surface area contributed by atoms with Gasteiger partial charge in [0.15, 0.2) is 0 Å². The van der Waals surface area contributed by atoms with Gasteiger partial charge in [0.2, 0.25) is 0 Å². The van der Waals surface area contributed by atoms with E-state index in [1.165, 1.54) is 0 Å². The van der Waals surface area contributed by atoms with Gasteiger partial charge in [0, 0.05) is 6.42 Å². The maximum atomic E-state index is 10.9. The molecule has 0 radical (unpaired) electrons. The fraction of sp³-hybridized carbons (Fsp3) is 0.667. The summed E-state index contributed by atoms with van der Waals surface area (Å²) < 4.78 is 41.7. The van der Waals surface area contributed by atoms with Crippen LogP contribution in [0.1, 0.15) is 43.9 Å². The van der Waals surface area contributed by atoms with Crippen LogP contribution in [0.4, 0.5) is 5.95 Å². The quantitative estimate of drug-likeness (QED) is 0.421. The van der Waals surface area contributed by atoms with Crippen LogP contribution in [0, 0.1) is 0 Å². The molecule has 2 rings (SSSR count). The molecular weight excluding hydrogens is 314 g/mol. The molecule has 4 N–H and O–H groups in total. The molecule has 0 amide bonds. The molecule has 0 unspecified atom stereocenters. The van der Waals surface area contributed by atoms with Gasteiger partial charge in [-0.1, -0.05) is 13.3 Å². The van der Waals surface area contributed by atoms with Crippen molar-refractivity contribution in [2.75, 3.05) is 12.3 Å². The second-order valence-corrected chi connectivity index (χ2v) is 5.91. The number of ether oxygens (including phenoxy) is 1. The summed E-state index contributed by atoms with van der Waals surface area (Å²) >= 11 is 0. The second-order valence-electron chi connectivity index (χ2n) is 4.91. The van der Waals surface area contributed by atoms with Crippen LogP contribution >= 0.6 is 0 Å². The lowest BCUT2D eigenvalue weighted by Gasteiger charge is -2.18. The van der Waals surface area contributed by atoms with Gasteiger partial charge >= 0.3 is 16.3 Å². The van der Waals surface area contributed by atoms with Crippen molar-refractivity contribution in [3.63, 3.8) is 0 Å². The van der Waals surface area contributed by atoms with Gasteiger partial charge in [-0.25, -0.2) is 4.28 Å². The second kappa shape index (κ2) is 7.56. The van der Waals surface area contributed by atoms with E-state index in [4.69, 9.17) is 15.0 Å². The zero-order valence-corrected chi connectivity index (χ0v) is 13.2. The molecule has 126 valence electrons. The molecule has 1 aliphatic rings. The first-order valence-electron chi connectivity index (χ1n) is 6.96. The fourth-order valence-corrected chi connectivity index (χ4v) is 2.66. The molecular formula is C12H21N3O6S. The highest BCUT2D eigenvalue weighted by atomic mass is 32.3. The van der Waals surface area contributed by atoms with Crippen LogP contribution in [0.2, 0.25) is 0 Å². The molecule has 1 aliphatic carbocycles. The van der Waals surface area contributed by atoms with Gasteiger partial charge in [-0.05, 0) is 35.4 Å². The van der Waals surface area contributed by atoms with E-state index >= 15 is 0 Å². The van der Waals surface area contributed by atoms with Crippen molar-refractivity contribution < 1.29 is 32.2 Å². The Labute approximate surface area is 129 Å². The number of anilines is 1. The lowest BCUT2D eigenvalue weighted by molar-refractivity contribution is -0.853. The number of hydrogen-bond acceptors (Lipinski definition) is 7. The van der Waals surface area contributed by atoms with E-state index in [0.717, 1.165) is 36.0 Å². The highest BCUT2D eigenvalue weighted by Crippen LogP contribution is 2.26. The van der Waals surface area contributed by atoms with Crippen molar-refractivity contribution in [3.05, 3.63) is 11.3 Å². The van der Waals surface area contributed by atoms with E-state index in [-0.39, 0.29) is 11.4 Å². The molecule has 10 heteroatoms. The van der Waals surface area contributed by atoms with E-state index < -0.39 is 10.4 Å². The highest BCUT2D eigenvalue weighted by molar-refractivity contribution is 7.80. The Balaban J connectivity index is 0.00000242. The molecule has 0 spiro atoms. The van der Waals surface area contributed by atoms with Gasteiger partial charge in [0.05, 0.1) is 12.2 Å². The van der Waals surface area contributed by atoms with Crippen molar-refractivity contribution in [1.82, 2.24) is 4.98 Å². The zero-order chi connectivity index (χ0) is 15.5. The largest absolute Gasteiger partial charge is 0.870 e. The van der Waals surface area contributed by atoms with Crippen LogP contribution in [-0.2, 0) is 23.2 Å². The standard InChI is InChI=1S/C12H19N3O5S.H2O/c1-2-3-8-19-11-9-6-4-5-7-10(9)15(12(13)14-11)20-21(16,17)18;/h13H,2-8H2,1H3,(H,16,17,18);1H2. The van der Waals surface area contributed by atoms with Crippen LogP contribution < -0.4 is 19.5 Å². The first kappa shape index (κ1) is 18.4. The number of nitrogens with zero attached hydrogens (tertiary/aromatic N) is 2. The normalized spacial score (nSPS) is 13.9. The molecule has 1 aromatic rings. The molecule has 0 aromatic carbocycles. The summed E-state index contributed by atoms with van der Waals surface area (Å²) in [5.74, 6) is 0.255. The van der Waals surface area contributed by atoms with Gasteiger partial charge in [-0.3, -0.25) is 10.3 Å². The predicted molar refractivity (Wildman–Crippen MR) is 76.0 cm³/mol. The van der Waals surface area contributed by atoms with Crippen molar-refractivity contribution in [1.29, 1.82) is 0 Å². The number of rotatable bonds is 6. The summed E-state index contributed by atoms with van der Waals surface area (Å²) in [5, 5.41) is 0. The monoisotopic (exact) mass is 335 g/mol. The Morgan fingerprint density at radius 1 is 1.36 bits per heavy atom. The molecule has 22 heavy (non-hydrogen) atoms. The third-order valence-corrected chi connectivity index (χ3v) is 3.61. The number of fused-ring (bicyclic) bond motifs is 1. The minimum absolute atomic E-state index is 0. The SMILES string of the molecule is CCCCOc1nc(N)[n+](OS(=O)(=O)O)c2c1CCCC2.[OH-]. The van der Waals surface area contributed by atoms with Crippen molar-refractivity contribution in [2.45, 2.75) is 45.4 Å². The van der Waals surface area contributed by atoms with Crippen LogP contribution in [-0.4, -0.2) is 30.0 Å². The summed E-state index contributed by atoms with van der Waals surface area (Å²) in [7, 11) is -4.66. The number of aromatic nitrogens is 2. The smallest absolute Gasteiger partial charge is 0.476 e. The first-order valence-corrected chi connectivity index (χ1v) is 8.32. The predicted octanol–water partition coefficient (Wildman–Crippen LogP) is 0.0636. The lowest BCUT2D eigenvalue weighted by atomic mass is 9.97. The number of unbranched alkanes of at least 4 members (excludes halogenated alkanes) is 1. The zero-order valence-electron chi connectivity index (χ0n) is 12.4. The Hall–Kier alpha value is -1.65. The van der Waals surface area contributed by atoms with Crippen LogP contribution in [0.3, 0.4) is 0 Å². The Morgan fingerprint density at radius 3 is 2.68 bits per heavy atom. The maximum Gasteiger partial charge on any atom is 0.476 e. The third-order valence-electron chi connectivity index (χ3n) is 3.27. The van der Waals surface area contributed by atoms with Crippen molar-refractivity contribution in [2.24, 2.45) is 0 Å². The fourth-order valence-electron chi connectivity index (χ4n) is 2.31. The number of nitrogens with two attached hydrogens (primary N) is 1. The van der Waals surface area contributed by atoms with Crippen LogP contribution in [0.25, 0.3) is 0 Å². The van der Waals surface area contributed by atoms with E-state index in [2.05, 4.69) is 16.2 Å². The molecule has 0 fully saturated rings. The average molecular weight is 335 g/mol. The average Bonchev–Trinajstić information content (AvgIpc) is 2.42. The summed E-state index contributed by atoms with van der Waals surface area (Å²) in [4.78, 5) is 4.06. The van der Waals surface area contributed by atoms with Crippen LogP contribution in [0.5, 0.6) is 5.88 Å². The number of nitrogen functional groups attached to an aromatic ring is 1. The van der Waals surface area contributed by atoms with Crippen LogP contribution in [0.15, 0.2) is 0 Å². The van der Waals surface area contributed by atoms with Gasteiger partial charge in [-0.15, -0.1) is 0 Å². The first-order chi connectivity index (χ1) is 9.92. The number of hydrogen-bond donors (Lipinski definition) is 2. The Bertz CT molecular complexity index is 620. The summed E-state index contributed by atoms with van der Waals surface area (Å²) in [6.45, 7) is 2.58. The molecule has 9 nitrogen and oxygen atoms in total. The van der Waals surface area contributed by atoms with E-state index in [1.807, 2.05) is 0 Å². The van der Waals surface area contributed by atoms with Gasteiger partial charge < -0.3 is 10.2 Å². The molecule has 0 saturated heterocycles. The molecule has 0 atom stereocenters. The molecule has 1 heterocycles. The molecule has 0 aliphatic heterocycles. The Kier molecular flexibility index (Phi) is 6.33. The highest BCUT2D eigenvalue weighted by Gasteiger charge is 2.30. The lowest BCUT2D eigenvalue weighted by Crippen LogP contribution is -2.52. The van der Waals surface area contributed by atoms with E-state index in [9.17, 15) is 8.42 Å². The molecule has 0 saturated carbocycles. The van der Waals surface area contributed by atoms with Gasteiger partial charge in [-0.2, -0.15) is 8.42 Å². The van der Waals surface area contributed by atoms with Gasteiger partial charge in [0.25, 0.3) is 5.88 Å². The van der Waals surface area contributed by atoms with E-state index in [0.29, 0.717) is 31.0 Å².